The summed E-state index contributed by atoms with van der Waals surface area (Å²) < 4.78 is 28.9. The minimum atomic E-state index is -0.479. The molecule has 0 fully saturated rings. The summed E-state index contributed by atoms with van der Waals surface area (Å²) in [6, 6.07) is 10.6. The zero-order valence-electron chi connectivity index (χ0n) is 14.2. The van der Waals surface area contributed by atoms with E-state index in [1.165, 1.54) is 18.2 Å². The average molecular weight is 353 g/mol. The Kier molecular flexibility index (Phi) is 4.03. The molecule has 0 bridgehead atoms. The van der Waals surface area contributed by atoms with Gasteiger partial charge < -0.3 is 5.32 Å². The molecule has 0 atom stereocenters. The minimum Gasteiger partial charge on any atom is -0.318 e. The third-order valence-corrected chi connectivity index (χ3v) is 4.59. The van der Waals surface area contributed by atoms with Crippen LogP contribution in [0, 0.1) is 18.6 Å². The number of hydrogen-bond acceptors (Lipinski definition) is 2. The topological polar surface area (TPSA) is 46.9 Å². The fourth-order valence-corrected chi connectivity index (χ4v) is 3.32. The molecule has 0 unspecified atom stereocenters. The van der Waals surface area contributed by atoms with Crippen molar-refractivity contribution >= 4 is 11.6 Å². The van der Waals surface area contributed by atoms with E-state index in [4.69, 9.17) is 0 Å². The van der Waals surface area contributed by atoms with Crippen molar-refractivity contribution in [3.05, 3.63) is 76.6 Å². The van der Waals surface area contributed by atoms with E-state index in [0.29, 0.717) is 11.4 Å². The normalized spacial score (nSPS) is 12.9. The van der Waals surface area contributed by atoms with E-state index in [-0.39, 0.29) is 11.5 Å². The molecule has 1 aliphatic rings. The molecular formula is C20H17F2N3O. The number of aryl methyl sites for hydroxylation is 1. The van der Waals surface area contributed by atoms with Gasteiger partial charge in [0.2, 0.25) is 0 Å². The van der Waals surface area contributed by atoms with E-state index in [1.807, 2.05) is 0 Å². The predicted octanol–water partition coefficient (Wildman–Crippen LogP) is 4.20. The van der Waals surface area contributed by atoms with Gasteiger partial charge in [0.05, 0.1) is 11.4 Å². The van der Waals surface area contributed by atoms with E-state index in [1.54, 1.807) is 35.9 Å². The highest BCUT2D eigenvalue weighted by molar-refractivity contribution is 6.04. The third-order valence-electron chi connectivity index (χ3n) is 4.59. The molecule has 1 aromatic heterocycles. The lowest BCUT2D eigenvalue weighted by molar-refractivity contribution is 0.102. The molecule has 3 aromatic rings. The lowest BCUT2D eigenvalue weighted by Gasteiger charge is -2.07. The quantitative estimate of drug-likeness (QED) is 0.767. The molecule has 26 heavy (non-hydrogen) atoms. The first-order chi connectivity index (χ1) is 12.5. The largest absolute Gasteiger partial charge is 0.318 e. The van der Waals surface area contributed by atoms with E-state index in [0.717, 1.165) is 36.1 Å². The first-order valence-corrected chi connectivity index (χ1v) is 8.47. The smallest absolute Gasteiger partial charge is 0.276 e. The summed E-state index contributed by atoms with van der Waals surface area (Å²) in [4.78, 5) is 12.7. The first kappa shape index (κ1) is 16.4. The molecule has 6 heteroatoms. The van der Waals surface area contributed by atoms with Crippen molar-refractivity contribution < 1.29 is 13.6 Å². The summed E-state index contributed by atoms with van der Waals surface area (Å²) in [6.45, 7) is 1.78. The highest BCUT2D eigenvalue weighted by atomic mass is 19.1. The van der Waals surface area contributed by atoms with Crippen LogP contribution in [0.15, 0.2) is 42.5 Å². The molecule has 1 amide bonds. The van der Waals surface area contributed by atoms with Gasteiger partial charge >= 0.3 is 0 Å². The summed E-state index contributed by atoms with van der Waals surface area (Å²) in [5, 5.41) is 7.04. The van der Waals surface area contributed by atoms with Gasteiger partial charge in [-0.1, -0.05) is 6.07 Å². The van der Waals surface area contributed by atoms with E-state index in [9.17, 15) is 13.6 Å². The second-order valence-electron chi connectivity index (χ2n) is 6.45. The Morgan fingerprint density at radius 3 is 2.62 bits per heavy atom. The van der Waals surface area contributed by atoms with Crippen LogP contribution in [-0.2, 0) is 12.8 Å². The number of aromatic nitrogens is 2. The number of carbonyl (C=O) groups excluding carboxylic acids is 1. The monoisotopic (exact) mass is 353 g/mol. The highest BCUT2D eigenvalue weighted by Gasteiger charge is 2.27. The zero-order chi connectivity index (χ0) is 18.3. The lowest BCUT2D eigenvalue weighted by Crippen LogP contribution is -2.16. The number of nitrogens with zero attached hydrogens (tertiary/aromatic N) is 2. The van der Waals surface area contributed by atoms with Gasteiger partial charge in [-0.2, -0.15) is 5.10 Å². The van der Waals surface area contributed by atoms with Gasteiger partial charge in [-0.05, 0) is 68.1 Å². The summed E-state index contributed by atoms with van der Waals surface area (Å²) in [5.41, 5.74) is 3.73. The molecule has 4 nitrogen and oxygen atoms in total. The van der Waals surface area contributed by atoms with Crippen molar-refractivity contribution in [2.24, 2.45) is 0 Å². The standard InChI is InChI=1S/C20H17F2N3O/c1-12-5-10-17(16(22)11-12)23-20(26)19-15-3-2-4-18(15)25(24-19)14-8-6-13(21)7-9-14/h5-11H,2-4H2,1H3,(H,23,26). The molecule has 0 aliphatic heterocycles. The van der Waals surface area contributed by atoms with Crippen LogP contribution in [0.3, 0.4) is 0 Å². The SMILES string of the molecule is Cc1ccc(NC(=O)c2nn(-c3ccc(F)cc3)c3c2CCC3)c(F)c1. The molecule has 0 spiro atoms. The second kappa shape index (κ2) is 6.37. The van der Waals surface area contributed by atoms with Crippen LogP contribution in [0.1, 0.15) is 33.7 Å². The van der Waals surface area contributed by atoms with Crippen LogP contribution in [0.25, 0.3) is 5.69 Å². The number of anilines is 1. The maximum atomic E-state index is 14.0. The molecule has 132 valence electrons. The summed E-state index contributed by atoms with van der Waals surface area (Å²) in [5.74, 6) is -1.25. The molecule has 0 saturated heterocycles. The molecule has 4 rings (SSSR count). The van der Waals surface area contributed by atoms with Crippen molar-refractivity contribution in [3.63, 3.8) is 0 Å². The minimum absolute atomic E-state index is 0.128. The van der Waals surface area contributed by atoms with Crippen LogP contribution >= 0.6 is 0 Å². The van der Waals surface area contributed by atoms with Gasteiger partial charge in [0, 0.05) is 11.3 Å². The summed E-state index contributed by atoms with van der Waals surface area (Å²) >= 11 is 0. The molecule has 1 heterocycles. The van der Waals surface area contributed by atoms with Crippen molar-refractivity contribution in [1.29, 1.82) is 0 Å². The second-order valence-corrected chi connectivity index (χ2v) is 6.45. The molecular weight excluding hydrogens is 336 g/mol. The van der Waals surface area contributed by atoms with Gasteiger partial charge in [-0.15, -0.1) is 0 Å². The first-order valence-electron chi connectivity index (χ1n) is 8.47. The predicted molar refractivity (Wildman–Crippen MR) is 94.6 cm³/mol. The Labute approximate surface area is 149 Å². The molecule has 1 aliphatic carbocycles. The highest BCUT2D eigenvalue weighted by Crippen LogP contribution is 2.28. The maximum absolute atomic E-state index is 14.0. The van der Waals surface area contributed by atoms with Gasteiger partial charge in [0.15, 0.2) is 5.69 Å². The third kappa shape index (κ3) is 2.87. The Morgan fingerprint density at radius 2 is 1.88 bits per heavy atom. The number of carbonyl (C=O) groups is 1. The van der Waals surface area contributed by atoms with Crippen molar-refractivity contribution in [1.82, 2.24) is 9.78 Å². The van der Waals surface area contributed by atoms with Crippen molar-refractivity contribution in [2.45, 2.75) is 26.2 Å². The molecule has 1 N–H and O–H groups in total. The summed E-state index contributed by atoms with van der Waals surface area (Å²) in [6.07, 6.45) is 2.47. The van der Waals surface area contributed by atoms with Crippen molar-refractivity contribution in [3.8, 4) is 5.69 Å². The van der Waals surface area contributed by atoms with Crippen LogP contribution in [0.4, 0.5) is 14.5 Å². The fraction of sp³-hybridized carbons (Fsp3) is 0.200. The van der Waals surface area contributed by atoms with Crippen LogP contribution in [0.2, 0.25) is 0 Å². The Balaban J connectivity index is 1.69. The average Bonchev–Trinajstić information content (AvgIpc) is 3.20. The van der Waals surface area contributed by atoms with Crippen LogP contribution in [0.5, 0.6) is 0 Å². The number of halogens is 2. The number of fused-ring (bicyclic) bond motifs is 1. The Bertz CT molecular complexity index is 993. The zero-order valence-corrected chi connectivity index (χ0v) is 14.2. The van der Waals surface area contributed by atoms with Crippen LogP contribution < -0.4 is 5.32 Å². The number of nitrogens with one attached hydrogen (secondary N) is 1. The number of amides is 1. The number of rotatable bonds is 3. The van der Waals surface area contributed by atoms with E-state index in [2.05, 4.69) is 10.4 Å². The van der Waals surface area contributed by atoms with Gasteiger partial charge in [-0.25, -0.2) is 13.5 Å². The van der Waals surface area contributed by atoms with Gasteiger partial charge in [0.1, 0.15) is 11.6 Å². The van der Waals surface area contributed by atoms with Crippen molar-refractivity contribution in [2.75, 3.05) is 5.32 Å². The fourth-order valence-electron chi connectivity index (χ4n) is 3.32. The maximum Gasteiger partial charge on any atom is 0.276 e. The van der Waals surface area contributed by atoms with E-state index < -0.39 is 11.7 Å². The Hall–Kier alpha value is -3.02. The van der Waals surface area contributed by atoms with Crippen LogP contribution in [-0.4, -0.2) is 15.7 Å². The molecule has 0 radical (unpaired) electrons. The molecule has 2 aromatic carbocycles. The Morgan fingerprint density at radius 1 is 1.12 bits per heavy atom. The van der Waals surface area contributed by atoms with E-state index >= 15 is 0 Å². The lowest BCUT2D eigenvalue weighted by atomic mass is 10.1. The molecule has 0 saturated carbocycles. The van der Waals surface area contributed by atoms with Gasteiger partial charge in [-0.3, -0.25) is 4.79 Å². The number of benzene rings is 2. The number of hydrogen-bond donors (Lipinski definition) is 1. The summed E-state index contributed by atoms with van der Waals surface area (Å²) in [7, 11) is 0. The van der Waals surface area contributed by atoms with Gasteiger partial charge in [0.25, 0.3) is 5.91 Å².